The monoisotopic (exact) mass is 298 g/mol. The summed E-state index contributed by atoms with van der Waals surface area (Å²) in [4.78, 5) is 1.30. The Balaban J connectivity index is 1.75. The summed E-state index contributed by atoms with van der Waals surface area (Å²) in [6.07, 6.45) is 2.99. The third kappa shape index (κ3) is 4.30. The second-order valence-corrected chi connectivity index (χ2v) is 7.26. The normalized spacial score (nSPS) is 12.0. The van der Waals surface area contributed by atoms with Crippen LogP contribution in [-0.2, 0) is 18.5 Å². The second kappa shape index (κ2) is 6.03. The van der Waals surface area contributed by atoms with Crippen molar-refractivity contribution in [3.05, 3.63) is 33.2 Å². The molecule has 104 valence electrons. The van der Waals surface area contributed by atoms with E-state index in [1.54, 1.807) is 11.3 Å². The van der Waals surface area contributed by atoms with Crippen LogP contribution in [0.5, 0.6) is 0 Å². The van der Waals surface area contributed by atoms with Crippen LogP contribution in [0.25, 0.3) is 0 Å². The molecular formula is C13H19ClN4S. The second-order valence-electron chi connectivity index (χ2n) is 5.46. The fraction of sp³-hybridized carbons (Fsp3) is 0.538. The summed E-state index contributed by atoms with van der Waals surface area (Å²) in [6, 6.07) is 4.01. The van der Waals surface area contributed by atoms with E-state index in [1.165, 1.54) is 4.88 Å². The van der Waals surface area contributed by atoms with Crippen molar-refractivity contribution in [2.24, 2.45) is 0 Å². The fourth-order valence-electron chi connectivity index (χ4n) is 1.62. The van der Waals surface area contributed by atoms with Crippen molar-refractivity contribution >= 4 is 22.9 Å². The molecule has 2 rings (SSSR count). The summed E-state index contributed by atoms with van der Waals surface area (Å²) in [5, 5.41) is 11.7. The van der Waals surface area contributed by atoms with Gasteiger partial charge in [0.15, 0.2) is 0 Å². The molecule has 0 atom stereocenters. The minimum Gasteiger partial charge on any atom is -0.311 e. The Bertz CT molecular complexity index is 527. The summed E-state index contributed by atoms with van der Waals surface area (Å²) in [5.74, 6) is 0. The highest BCUT2D eigenvalue weighted by molar-refractivity contribution is 7.16. The quantitative estimate of drug-likeness (QED) is 0.863. The van der Waals surface area contributed by atoms with Crippen LogP contribution >= 0.6 is 22.9 Å². The van der Waals surface area contributed by atoms with Crippen LogP contribution in [-0.4, -0.2) is 21.5 Å². The zero-order valence-corrected chi connectivity index (χ0v) is 13.1. The third-order valence-electron chi connectivity index (χ3n) is 2.71. The number of hydrogen-bond acceptors (Lipinski definition) is 4. The Labute approximate surface area is 122 Å². The van der Waals surface area contributed by atoms with Gasteiger partial charge in [-0.2, -0.15) is 0 Å². The van der Waals surface area contributed by atoms with Crippen LogP contribution in [0.2, 0.25) is 4.34 Å². The van der Waals surface area contributed by atoms with Gasteiger partial charge in [-0.05, 0) is 39.3 Å². The fourth-order valence-corrected chi connectivity index (χ4v) is 2.71. The minimum absolute atomic E-state index is 0.0149. The summed E-state index contributed by atoms with van der Waals surface area (Å²) in [5.41, 5.74) is 0.957. The summed E-state index contributed by atoms with van der Waals surface area (Å²) < 4.78 is 2.74. The third-order valence-corrected chi connectivity index (χ3v) is 4.00. The van der Waals surface area contributed by atoms with Gasteiger partial charge in [-0.15, -0.1) is 16.4 Å². The highest BCUT2D eigenvalue weighted by Gasteiger charge is 2.14. The van der Waals surface area contributed by atoms with E-state index in [4.69, 9.17) is 11.6 Å². The van der Waals surface area contributed by atoms with Crippen molar-refractivity contribution in [1.29, 1.82) is 0 Å². The molecule has 0 bridgehead atoms. The van der Waals surface area contributed by atoms with Gasteiger partial charge in [-0.1, -0.05) is 16.8 Å². The Hall–Kier alpha value is -0.910. The number of hydrogen-bond donors (Lipinski definition) is 1. The Morgan fingerprint density at radius 1 is 1.37 bits per heavy atom. The van der Waals surface area contributed by atoms with Crippen LogP contribution in [0.15, 0.2) is 18.3 Å². The molecule has 0 unspecified atom stereocenters. The lowest BCUT2D eigenvalue weighted by molar-refractivity contribution is 0.347. The van der Waals surface area contributed by atoms with Gasteiger partial charge in [0.2, 0.25) is 0 Å². The first-order valence-electron chi connectivity index (χ1n) is 6.32. The predicted octanol–water partition coefficient (Wildman–Crippen LogP) is 3.08. The topological polar surface area (TPSA) is 42.7 Å². The molecule has 1 N–H and O–H groups in total. The largest absolute Gasteiger partial charge is 0.311 e. The maximum absolute atomic E-state index is 5.89. The van der Waals surface area contributed by atoms with Crippen LogP contribution in [0.4, 0.5) is 0 Å². The van der Waals surface area contributed by atoms with Gasteiger partial charge in [0.05, 0.1) is 21.8 Å². The summed E-state index contributed by atoms with van der Waals surface area (Å²) in [7, 11) is 0. The molecule has 2 aromatic heterocycles. The molecule has 0 saturated heterocycles. The van der Waals surface area contributed by atoms with E-state index in [1.807, 2.05) is 16.9 Å². The van der Waals surface area contributed by atoms with E-state index >= 15 is 0 Å². The highest BCUT2D eigenvalue weighted by Crippen LogP contribution is 2.21. The Morgan fingerprint density at radius 3 is 2.74 bits per heavy atom. The van der Waals surface area contributed by atoms with E-state index in [0.717, 1.165) is 29.5 Å². The van der Waals surface area contributed by atoms with Crippen molar-refractivity contribution in [2.75, 3.05) is 6.54 Å². The number of aromatic nitrogens is 3. The number of halogens is 1. The first-order chi connectivity index (χ1) is 8.95. The van der Waals surface area contributed by atoms with E-state index in [0.29, 0.717) is 0 Å². The van der Waals surface area contributed by atoms with Gasteiger partial charge < -0.3 is 5.32 Å². The minimum atomic E-state index is -0.0149. The number of nitrogens with zero attached hydrogens (tertiary/aromatic N) is 3. The molecule has 0 spiro atoms. The molecule has 4 nitrogen and oxygen atoms in total. The average Bonchev–Trinajstić information content (AvgIpc) is 2.93. The molecular weight excluding hydrogens is 280 g/mol. The van der Waals surface area contributed by atoms with Crippen LogP contribution < -0.4 is 5.32 Å². The first-order valence-corrected chi connectivity index (χ1v) is 7.51. The van der Waals surface area contributed by atoms with Crippen molar-refractivity contribution in [3.8, 4) is 0 Å². The molecule has 0 aliphatic rings. The molecule has 2 aromatic rings. The zero-order chi connectivity index (χ0) is 13.9. The maximum atomic E-state index is 5.89. The lowest BCUT2D eigenvalue weighted by Crippen LogP contribution is -2.22. The first kappa shape index (κ1) is 14.5. The van der Waals surface area contributed by atoms with E-state index in [9.17, 15) is 0 Å². The van der Waals surface area contributed by atoms with Gasteiger partial charge in [-0.25, -0.2) is 4.68 Å². The molecule has 0 aromatic carbocycles. The standard InChI is InChI=1S/C13H19ClN4S/c1-13(2,3)18-9-10(16-17-18)8-15-7-6-11-4-5-12(14)19-11/h4-5,9,15H,6-8H2,1-3H3. The highest BCUT2D eigenvalue weighted by atomic mass is 35.5. The van der Waals surface area contributed by atoms with E-state index < -0.39 is 0 Å². The number of rotatable bonds is 5. The SMILES string of the molecule is CC(C)(C)n1cc(CNCCc2ccc(Cl)s2)nn1. The molecule has 19 heavy (non-hydrogen) atoms. The van der Waals surface area contributed by atoms with Crippen molar-refractivity contribution in [1.82, 2.24) is 20.3 Å². The van der Waals surface area contributed by atoms with Gasteiger partial charge in [0, 0.05) is 18.0 Å². The van der Waals surface area contributed by atoms with Crippen LogP contribution in [0.1, 0.15) is 31.3 Å². The summed E-state index contributed by atoms with van der Waals surface area (Å²) >= 11 is 7.53. The molecule has 0 amide bonds. The molecule has 0 aliphatic heterocycles. The predicted molar refractivity (Wildman–Crippen MR) is 79.8 cm³/mol. The molecule has 0 aliphatic carbocycles. The van der Waals surface area contributed by atoms with Gasteiger partial charge in [-0.3, -0.25) is 0 Å². The zero-order valence-electron chi connectivity index (χ0n) is 11.5. The van der Waals surface area contributed by atoms with Gasteiger partial charge in [0.25, 0.3) is 0 Å². The van der Waals surface area contributed by atoms with Crippen LogP contribution in [0.3, 0.4) is 0 Å². The molecule has 0 saturated carbocycles. The lowest BCUT2D eigenvalue weighted by atomic mass is 10.1. The average molecular weight is 299 g/mol. The molecule has 6 heteroatoms. The summed E-state index contributed by atoms with van der Waals surface area (Å²) in [6.45, 7) is 7.99. The van der Waals surface area contributed by atoms with Crippen molar-refractivity contribution < 1.29 is 0 Å². The number of nitrogens with one attached hydrogen (secondary N) is 1. The van der Waals surface area contributed by atoms with Gasteiger partial charge >= 0.3 is 0 Å². The van der Waals surface area contributed by atoms with Crippen molar-refractivity contribution in [2.45, 2.75) is 39.3 Å². The molecule has 2 heterocycles. The van der Waals surface area contributed by atoms with Gasteiger partial charge in [0.1, 0.15) is 0 Å². The maximum Gasteiger partial charge on any atom is 0.0965 e. The number of thiophene rings is 1. The van der Waals surface area contributed by atoms with Crippen molar-refractivity contribution in [3.63, 3.8) is 0 Å². The molecule has 0 radical (unpaired) electrons. The lowest BCUT2D eigenvalue weighted by Gasteiger charge is -2.17. The Morgan fingerprint density at radius 2 is 2.16 bits per heavy atom. The van der Waals surface area contributed by atoms with E-state index in [-0.39, 0.29) is 5.54 Å². The van der Waals surface area contributed by atoms with E-state index in [2.05, 4.69) is 42.5 Å². The Kier molecular flexibility index (Phi) is 4.60. The molecule has 0 fully saturated rings. The van der Waals surface area contributed by atoms with Crippen LogP contribution in [0, 0.1) is 0 Å². The smallest absolute Gasteiger partial charge is 0.0965 e.